The van der Waals surface area contributed by atoms with Crippen LogP contribution in [0.4, 0.5) is 0 Å². The summed E-state index contributed by atoms with van der Waals surface area (Å²) < 4.78 is 7.00. The van der Waals surface area contributed by atoms with E-state index in [1.165, 1.54) is 0 Å². The highest BCUT2D eigenvalue weighted by Crippen LogP contribution is 2.30. The Kier molecular flexibility index (Phi) is 6.84. The topological polar surface area (TPSA) is 68.6 Å². The van der Waals surface area contributed by atoms with Crippen LogP contribution in [0.5, 0.6) is 0 Å². The number of amides is 1. The Hall–Kier alpha value is -2.11. The molecular weight excluding hydrogens is 344 g/mol. The van der Waals surface area contributed by atoms with Crippen LogP contribution in [0.1, 0.15) is 79.1 Å². The first kappa shape index (κ1) is 21.2. The van der Waals surface area contributed by atoms with Crippen molar-refractivity contribution in [2.45, 2.75) is 73.4 Å². The highest BCUT2D eigenvalue weighted by Gasteiger charge is 2.33. The summed E-state index contributed by atoms with van der Waals surface area (Å²) in [7, 11) is 0. The normalized spacial score (nSPS) is 14.2. The molecule has 1 aliphatic carbocycles. The highest BCUT2D eigenvalue weighted by atomic mass is 16.5. The fourth-order valence-electron chi connectivity index (χ4n) is 3.80. The summed E-state index contributed by atoms with van der Waals surface area (Å²) in [5.74, 6) is -0.410. The lowest BCUT2D eigenvalue weighted by molar-refractivity contribution is -0.139. The maximum Gasteiger partial charge on any atom is 0.355 e. The molecule has 0 aromatic carbocycles. The van der Waals surface area contributed by atoms with Crippen molar-refractivity contribution in [3.05, 3.63) is 22.5 Å². The molecule has 0 spiro atoms. The molecule has 0 saturated heterocycles. The molecular formula is C21H32N2O4. The summed E-state index contributed by atoms with van der Waals surface area (Å²) in [4.78, 5) is 39.9. The van der Waals surface area contributed by atoms with Gasteiger partial charge in [-0.15, -0.1) is 0 Å². The van der Waals surface area contributed by atoms with Crippen molar-refractivity contribution in [2.75, 3.05) is 13.2 Å². The van der Waals surface area contributed by atoms with Crippen molar-refractivity contribution in [3.8, 4) is 0 Å². The van der Waals surface area contributed by atoms with E-state index in [-0.39, 0.29) is 36.8 Å². The molecule has 1 aliphatic rings. The third-order valence-corrected chi connectivity index (χ3v) is 5.51. The molecule has 0 aliphatic heterocycles. The van der Waals surface area contributed by atoms with Gasteiger partial charge in [-0.1, -0.05) is 6.42 Å². The number of rotatable bonds is 8. The smallest absolute Gasteiger partial charge is 0.355 e. The number of nitrogens with zero attached hydrogens (tertiary/aromatic N) is 2. The molecule has 0 unspecified atom stereocenters. The molecule has 1 fully saturated rings. The van der Waals surface area contributed by atoms with E-state index >= 15 is 0 Å². The van der Waals surface area contributed by atoms with E-state index in [4.69, 9.17) is 4.74 Å². The molecule has 0 radical (unpaired) electrons. The molecule has 0 atom stereocenters. The van der Waals surface area contributed by atoms with Crippen molar-refractivity contribution in [2.24, 2.45) is 5.92 Å². The minimum Gasteiger partial charge on any atom is -0.461 e. The molecule has 6 nitrogen and oxygen atoms in total. The predicted octanol–water partition coefficient (Wildman–Crippen LogP) is 3.52. The minimum atomic E-state index is -0.412. The number of Topliss-reactive ketones (excluding diaryl/α,β-unsaturated/α-hetero) is 1. The maximum atomic E-state index is 13.1. The van der Waals surface area contributed by atoms with Gasteiger partial charge in [-0.25, -0.2) is 4.79 Å². The van der Waals surface area contributed by atoms with Crippen LogP contribution >= 0.6 is 0 Å². The Morgan fingerprint density at radius 3 is 2.26 bits per heavy atom. The molecule has 1 amide bonds. The van der Waals surface area contributed by atoms with Gasteiger partial charge in [-0.05, 0) is 59.9 Å². The van der Waals surface area contributed by atoms with Gasteiger partial charge in [0, 0.05) is 29.8 Å². The zero-order valence-electron chi connectivity index (χ0n) is 17.4. The molecule has 0 bridgehead atoms. The Balaban J connectivity index is 2.34. The Labute approximate surface area is 161 Å². The van der Waals surface area contributed by atoms with E-state index in [9.17, 15) is 14.4 Å². The average molecular weight is 376 g/mol. The summed E-state index contributed by atoms with van der Waals surface area (Å²) in [6.07, 6.45) is 2.90. The quantitative estimate of drug-likeness (QED) is 0.514. The van der Waals surface area contributed by atoms with Crippen LogP contribution in [0.3, 0.4) is 0 Å². The summed E-state index contributed by atoms with van der Waals surface area (Å²) in [5.41, 5.74) is 2.36. The largest absolute Gasteiger partial charge is 0.461 e. The predicted molar refractivity (Wildman–Crippen MR) is 104 cm³/mol. The molecule has 2 rings (SSSR count). The average Bonchev–Trinajstić information content (AvgIpc) is 2.80. The summed E-state index contributed by atoms with van der Waals surface area (Å²) in [5, 5.41) is 0. The SMILES string of the molecule is CCOC(=O)c1c(C)c(C(=O)CN(C(=O)C2CCC2)C(C)C)c(C)n1CC. The number of hydrogen-bond acceptors (Lipinski definition) is 4. The van der Waals surface area contributed by atoms with E-state index in [1.54, 1.807) is 18.7 Å². The minimum absolute atomic E-state index is 0.0412. The zero-order valence-corrected chi connectivity index (χ0v) is 17.4. The Morgan fingerprint density at radius 1 is 1.19 bits per heavy atom. The number of ketones is 1. The lowest BCUT2D eigenvalue weighted by Gasteiger charge is -2.33. The number of hydrogen-bond donors (Lipinski definition) is 0. The van der Waals surface area contributed by atoms with Crippen molar-refractivity contribution in [1.29, 1.82) is 0 Å². The Morgan fingerprint density at radius 2 is 1.81 bits per heavy atom. The molecule has 1 saturated carbocycles. The lowest BCUT2D eigenvalue weighted by atomic mass is 9.84. The van der Waals surface area contributed by atoms with E-state index in [2.05, 4.69) is 0 Å². The van der Waals surface area contributed by atoms with Gasteiger partial charge in [0.05, 0.1) is 13.2 Å². The van der Waals surface area contributed by atoms with Crippen molar-refractivity contribution in [1.82, 2.24) is 9.47 Å². The summed E-state index contributed by atoms with van der Waals surface area (Å²) in [6, 6.07) is -0.0412. The molecule has 27 heavy (non-hydrogen) atoms. The molecule has 6 heteroatoms. The van der Waals surface area contributed by atoms with Gasteiger partial charge in [-0.2, -0.15) is 0 Å². The van der Waals surface area contributed by atoms with Crippen molar-refractivity contribution in [3.63, 3.8) is 0 Å². The van der Waals surface area contributed by atoms with E-state index < -0.39 is 5.97 Å². The van der Waals surface area contributed by atoms with E-state index in [0.29, 0.717) is 23.4 Å². The number of esters is 1. The fourth-order valence-corrected chi connectivity index (χ4v) is 3.80. The van der Waals surface area contributed by atoms with Gasteiger partial charge in [0.2, 0.25) is 5.91 Å². The monoisotopic (exact) mass is 376 g/mol. The van der Waals surface area contributed by atoms with Crippen LogP contribution in [0.15, 0.2) is 0 Å². The second-order valence-corrected chi connectivity index (χ2v) is 7.51. The van der Waals surface area contributed by atoms with Gasteiger partial charge in [0.1, 0.15) is 5.69 Å². The number of ether oxygens (including phenoxy) is 1. The van der Waals surface area contributed by atoms with E-state index in [0.717, 1.165) is 25.0 Å². The molecule has 1 aromatic heterocycles. The molecule has 0 N–H and O–H groups in total. The fraction of sp³-hybridized carbons (Fsp3) is 0.667. The van der Waals surface area contributed by atoms with Crippen LogP contribution in [0.25, 0.3) is 0 Å². The van der Waals surface area contributed by atoms with Crippen LogP contribution in [0, 0.1) is 19.8 Å². The van der Waals surface area contributed by atoms with Crippen molar-refractivity contribution < 1.29 is 19.1 Å². The number of aromatic nitrogens is 1. The number of carbonyl (C=O) groups is 3. The van der Waals surface area contributed by atoms with Gasteiger partial charge in [-0.3, -0.25) is 9.59 Å². The van der Waals surface area contributed by atoms with Crippen LogP contribution < -0.4 is 0 Å². The summed E-state index contributed by atoms with van der Waals surface area (Å²) >= 11 is 0. The first-order chi connectivity index (χ1) is 12.7. The molecule has 150 valence electrons. The molecule has 1 aromatic rings. The van der Waals surface area contributed by atoms with Gasteiger partial charge >= 0.3 is 5.97 Å². The Bertz CT molecular complexity index is 729. The molecule has 1 heterocycles. The first-order valence-electron chi connectivity index (χ1n) is 9.94. The second kappa shape index (κ2) is 8.72. The summed E-state index contributed by atoms with van der Waals surface area (Å²) in [6.45, 7) is 12.1. The third kappa shape index (κ3) is 4.09. The zero-order chi connectivity index (χ0) is 20.3. The van der Waals surface area contributed by atoms with Crippen LogP contribution in [0.2, 0.25) is 0 Å². The van der Waals surface area contributed by atoms with Gasteiger partial charge < -0.3 is 14.2 Å². The van der Waals surface area contributed by atoms with Crippen LogP contribution in [-0.4, -0.2) is 46.3 Å². The van der Waals surface area contributed by atoms with Gasteiger partial charge in [0.15, 0.2) is 5.78 Å². The third-order valence-electron chi connectivity index (χ3n) is 5.51. The maximum absolute atomic E-state index is 13.1. The van der Waals surface area contributed by atoms with E-state index in [1.807, 2.05) is 32.3 Å². The highest BCUT2D eigenvalue weighted by molar-refractivity contribution is 6.04. The second-order valence-electron chi connectivity index (χ2n) is 7.51. The van der Waals surface area contributed by atoms with Crippen LogP contribution in [-0.2, 0) is 16.1 Å². The number of carbonyl (C=O) groups excluding carboxylic acids is 3. The lowest BCUT2D eigenvalue weighted by Crippen LogP contribution is -2.45. The van der Waals surface area contributed by atoms with Gasteiger partial charge in [0.25, 0.3) is 0 Å². The first-order valence-corrected chi connectivity index (χ1v) is 9.94. The standard InChI is InChI=1S/C21H32N2O4/c1-7-22-15(6)18(14(5)19(22)21(26)27-8-2)17(24)12-23(13(3)4)20(25)16-10-9-11-16/h13,16H,7-12H2,1-6H3. The van der Waals surface area contributed by atoms with Crippen molar-refractivity contribution >= 4 is 17.7 Å².